The average Bonchev–Trinajstić information content (AvgIpc) is 3.52. The molecule has 3 saturated carbocycles. The molecule has 2 aromatic rings. The second-order valence-electron chi connectivity index (χ2n) is 11.9. The predicted octanol–water partition coefficient (Wildman–Crippen LogP) is 1.85. The molecule has 2 bridgehead atoms. The summed E-state index contributed by atoms with van der Waals surface area (Å²) in [5.74, 6) is -1.38. The van der Waals surface area contributed by atoms with Crippen LogP contribution in [0.3, 0.4) is 0 Å². The number of thiazole rings is 1. The average molecular weight is 580 g/mol. The minimum absolute atomic E-state index is 0.00786. The summed E-state index contributed by atoms with van der Waals surface area (Å²) in [7, 11) is 0. The molecule has 3 aliphatic heterocycles. The Morgan fingerprint density at radius 1 is 1.24 bits per heavy atom. The maximum Gasteiger partial charge on any atom is 0.335 e. The van der Waals surface area contributed by atoms with Crippen LogP contribution in [0.1, 0.15) is 41.4 Å². The van der Waals surface area contributed by atoms with Crippen molar-refractivity contribution in [2.75, 3.05) is 32.7 Å². The van der Waals surface area contributed by atoms with E-state index in [-0.39, 0.29) is 29.1 Å². The fourth-order valence-electron chi connectivity index (χ4n) is 7.38. The lowest BCUT2D eigenvalue weighted by Crippen LogP contribution is -2.78. The van der Waals surface area contributed by atoms with E-state index in [2.05, 4.69) is 15.2 Å². The zero-order chi connectivity index (χ0) is 28.7. The number of aromatic nitrogens is 1. The number of benzene rings is 1. The van der Waals surface area contributed by atoms with Crippen molar-refractivity contribution in [1.29, 1.82) is 0 Å². The molecule has 11 nitrogen and oxygen atoms in total. The Balaban J connectivity index is 1.15. The molecule has 13 heteroatoms. The predicted molar refractivity (Wildman–Crippen MR) is 148 cm³/mol. The van der Waals surface area contributed by atoms with Gasteiger partial charge in [-0.3, -0.25) is 14.7 Å². The van der Waals surface area contributed by atoms with E-state index in [1.165, 1.54) is 17.4 Å². The summed E-state index contributed by atoms with van der Waals surface area (Å²) in [6.07, 6.45) is 3.58. The van der Waals surface area contributed by atoms with Gasteiger partial charge in [-0.25, -0.2) is 19.0 Å². The van der Waals surface area contributed by atoms with E-state index in [1.54, 1.807) is 25.3 Å². The van der Waals surface area contributed by atoms with E-state index >= 15 is 0 Å². The number of halogens is 1. The van der Waals surface area contributed by atoms with Crippen LogP contribution in [-0.2, 0) is 9.59 Å². The van der Waals surface area contributed by atoms with E-state index in [1.807, 2.05) is 15.2 Å². The van der Waals surface area contributed by atoms with Crippen LogP contribution in [0.2, 0.25) is 0 Å². The third kappa shape index (κ3) is 3.89. The molecule has 6 aliphatic rings. The molecule has 4 N–H and O–H groups in total. The van der Waals surface area contributed by atoms with Crippen molar-refractivity contribution in [3.8, 4) is 0 Å². The first-order chi connectivity index (χ1) is 19.6. The van der Waals surface area contributed by atoms with Gasteiger partial charge in [0.2, 0.25) is 5.91 Å². The third-order valence-electron chi connectivity index (χ3n) is 9.51. The maximum absolute atomic E-state index is 14.6. The molecule has 3 aliphatic carbocycles. The zero-order valence-corrected chi connectivity index (χ0v) is 23.3. The molecule has 8 rings (SSSR count). The van der Waals surface area contributed by atoms with Gasteiger partial charge < -0.3 is 26.0 Å². The van der Waals surface area contributed by atoms with Gasteiger partial charge in [0.05, 0.1) is 17.0 Å². The second-order valence-corrected chi connectivity index (χ2v) is 12.8. The van der Waals surface area contributed by atoms with E-state index < -0.39 is 23.2 Å². The molecule has 5 fully saturated rings. The lowest BCUT2D eigenvalue weighted by atomic mass is 9.38. The minimum atomic E-state index is -1.13. The van der Waals surface area contributed by atoms with Gasteiger partial charge in [0.25, 0.3) is 0 Å². The highest BCUT2D eigenvalue weighted by Gasteiger charge is 2.75. The number of nitrogens with two attached hydrogens (primary N) is 1. The van der Waals surface area contributed by atoms with Gasteiger partial charge in [-0.15, -0.1) is 11.3 Å². The summed E-state index contributed by atoms with van der Waals surface area (Å²) < 4.78 is 14.6. The fraction of sp³-hybridized carbons (Fsp3) is 0.464. The van der Waals surface area contributed by atoms with Gasteiger partial charge in [-0.1, -0.05) is 12.1 Å². The van der Waals surface area contributed by atoms with Gasteiger partial charge in [0.1, 0.15) is 11.9 Å². The number of aliphatic imine (C=N–C) groups is 1. The van der Waals surface area contributed by atoms with Crippen molar-refractivity contribution < 1.29 is 23.9 Å². The molecule has 1 aromatic heterocycles. The number of primary amides is 1. The normalized spacial score (nSPS) is 30.8. The van der Waals surface area contributed by atoms with E-state index in [9.17, 15) is 23.9 Å². The van der Waals surface area contributed by atoms with Crippen LogP contribution >= 0.6 is 11.3 Å². The Morgan fingerprint density at radius 2 is 2.02 bits per heavy atom. The highest BCUT2D eigenvalue weighted by Crippen LogP contribution is 2.70. The molecule has 214 valence electrons. The smallest absolute Gasteiger partial charge is 0.335 e. The van der Waals surface area contributed by atoms with E-state index in [4.69, 9.17) is 10.7 Å². The van der Waals surface area contributed by atoms with Gasteiger partial charge in [0.15, 0.2) is 10.8 Å². The number of rotatable bonds is 7. The molecule has 0 spiro atoms. The number of carbonyl (C=O) groups is 3. The summed E-state index contributed by atoms with van der Waals surface area (Å²) in [5.41, 5.74) is 6.27. The van der Waals surface area contributed by atoms with Crippen LogP contribution in [0.4, 0.5) is 9.18 Å². The topological polar surface area (TPSA) is 144 Å². The minimum Gasteiger partial charge on any atom is -0.478 e. The highest BCUT2D eigenvalue weighted by molar-refractivity contribution is 7.11. The molecule has 0 radical (unpaired) electrons. The number of fused-ring (bicyclic) bond motifs is 1. The Labute approximate surface area is 239 Å². The largest absolute Gasteiger partial charge is 0.478 e. The number of carboxylic acids is 1. The standard InChI is InChI=1S/C28H30FN7O4S/c1-15-17(3-2-4-18(15)29)21-20(24(37)38)19(32-22(33-21)23-31-5-8-41-23)11-34-6-7-35-16(9-34)10-36(26(35)40)28-12-27(13-28,14-28)25(30)39/h2-5,8,16,21H,6-7,9-14H2,1H3,(H2,30,39)(H,32,33)(H,37,38)/t16?,21-,27?,28?/m0/s1. The number of aliphatic carboxylic acids is 1. The molecule has 2 saturated heterocycles. The Hall–Kier alpha value is -3.84. The molecule has 1 unspecified atom stereocenters. The first-order valence-corrected chi connectivity index (χ1v) is 14.6. The summed E-state index contributed by atoms with van der Waals surface area (Å²) in [6.45, 7) is 4.16. The van der Waals surface area contributed by atoms with E-state index in [0.717, 1.165) is 0 Å². The number of carboxylic acid groups (broad SMARTS) is 1. The van der Waals surface area contributed by atoms with Crippen LogP contribution in [0.15, 0.2) is 46.0 Å². The second kappa shape index (κ2) is 9.08. The van der Waals surface area contributed by atoms with Crippen LogP contribution < -0.4 is 11.1 Å². The van der Waals surface area contributed by atoms with Crippen LogP contribution in [0.5, 0.6) is 0 Å². The van der Waals surface area contributed by atoms with Gasteiger partial charge in [0, 0.05) is 55.5 Å². The molecule has 41 heavy (non-hydrogen) atoms. The number of nitrogens with zero attached hydrogens (tertiary/aromatic N) is 5. The number of amides is 3. The molecular weight excluding hydrogens is 549 g/mol. The van der Waals surface area contributed by atoms with E-state index in [0.29, 0.717) is 79.7 Å². The van der Waals surface area contributed by atoms with Crippen LogP contribution in [-0.4, -0.2) is 92.8 Å². The first kappa shape index (κ1) is 26.1. The van der Waals surface area contributed by atoms with Crippen molar-refractivity contribution in [3.63, 3.8) is 0 Å². The maximum atomic E-state index is 14.6. The van der Waals surface area contributed by atoms with Crippen molar-refractivity contribution in [2.45, 2.75) is 43.8 Å². The summed E-state index contributed by atoms with van der Waals surface area (Å²) in [5, 5.41) is 16.0. The quantitative estimate of drug-likeness (QED) is 0.454. The number of amidine groups is 1. The fourth-order valence-corrected chi connectivity index (χ4v) is 7.97. The summed E-state index contributed by atoms with van der Waals surface area (Å²) in [6, 6.07) is 3.68. The summed E-state index contributed by atoms with van der Waals surface area (Å²) >= 11 is 1.38. The molecule has 1 aromatic carbocycles. The lowest BCUT2D eigenvalue weighted by Gasteiger charge is -2.71. The van der Waals surface area contributed by atoms with Crippen molar-refractivity contribution in [1.82, 2.24) is 25.0 Å². The van der Waals surface area contributed by atoms with Crippen LogP contribution in [0, 0.1) is 18.2 Å². The number of piperazine rings is 1. The van der Waals surface area contributed by atoms with Gasteiger partial charge in [-0.2, -0.15) is 0 Å². The first-order valence-electron chi connectivity index (χ1n) is 13.7. The van der Waals surface area contributed by atoms with Gasteiger partial charge in [-0.05, 0) is 43.4 Å². The zero-order valence-electron chi connectivity index (χ0n) is 22.5. The molecule has 3 amide bonds. The Bertz CT molecular complexity index is 1520. The lowest BCUT2D eigenvalue weighted by molar-refractivity contribution is -0.202. The summed E-state index contributed by atoms with van der Waals surface area (Å²) in [4.78, 5) is 52.9. The molecular formula is C28H30FN7O4S. The number of hydrogen-bond donors (Lipinski definition) is 3. The SMILES string of the molecule is Cc1c(F)cccc1[C@@H]1N=C(c2nccs2)NC(CN2CCN3C(=O)N(C45CC(C(N)=O)(C4)C5)CC3C2)=C1C(=O)O. The number of hydrogen-bond acceptors (Lipinski definition) is 8. The van der Waals surface area contributed by atoms with Crippen molar-refractivity contribution >= 4 is 35.1 Å². The number of urea groups is 1. The van der Waals surface area contributed by atoms with Crippen molar-refractivity contribution in [3.05, 3.63) is 63.0 Å². The third-order valence-corrected chi connectivity index (χ3v) is 10.3. The monoisotopic (exact) mass is 579 g/mol. The highest BCUT2D eigenvalue weighted by atomic mass is 32.1. The molecule has 2 atom stereocenters. The van der Waals surface area contributed by atoms with Crippen LogP contribution in [0.25, 0.3) is 0 Å². The molecule has 4 heterocycles. The van der Waals surface area contributed by atoms with Gasteiger partial charge >= 0.3 is 12.0 Å². The van der Waals surface area contributed by atoms with Crippen molar-refractivity contribution in [2.24, 2.45) is 16.1 Å². The number of nitrogens with one attached hydrogen (secondary N) is 1. The number of carbonyl (C=O) groups excluding carboxylic acids is 2. The Kier molecular flexibility index (Phi) is 5.78. The Morgan fingerprint density at radius 3 is 2.71 bits per heavy atom.